The zero-order valence-corrected chi connectivity index (χ0v) is 18.7. The lowest BCUT2D eigenvalue weighted by Gasteiger charge is -2.14. The number of benzene rings is 3. The van der Waals surface area contributed by atoms with Crippen molar-refractivity contribution in [1.82, 2.24) is 18.7 Å². The second-order valence-electron chi connectivity index (χ2n) is 7.92. The van der Waals surface area contributed by atoms with Crippen molar-refractivity contribution in [3.05, 3.63) is 128 Å². The van der Waals surface area contributed by atoms with Gasteiger partial charge in [-0.1, -0.05) is 78.3 Å². The lowest BCUT2D eigenvalue weighted by molar-refractivity contribution is 0.676. The van der Waals surface area contributed by atoms with Crippen molar-refractivity contribution in [2.45, 2.75) is 20.0 Å². The predicted molar refractivity (Wildman–Crippen MR) is 130 cm³/mol. The summed E-state index contributed by atoms with van der Waals surface area (Å²) < 4.78 is 4.56. The third kappa shape index (κ3) is 3.79. The smallest absolute Gasteiger partial charge is 0.320 e. The summed E-state index contributed by atoms with van der Waals surface area (Å²) in [6.45, 7) is 2.46. The molecule has 0 saturated heterocycles. The zero-order chi connectivity index (χ0) is 22.9. The molecule has 2 heterocycles. The van der Waals surface area contributed by atoms with E-state index in [4.69, 9.17) is 11.6 Å². The maximum absolute atomic E-state index is 13.6. The van der Waals surface area contributed by atoms with Gasteiger partial charge in [0.25, 0.3) is 5.56 Å². The number of rotatable bonds is 5. The average Bonchev–Trinajstić information content (AvgIpc) is 3.23. The van der Waals surface area contributed by atoms with E-state index < -0.39 is 5.69 Å². The molecule has 0 bridgehead atoms. The largest absolute Gasteiger partial charge is 0.337 e. The van der Waals surface area contributed by atoms with Crippen LogP contribution in [0.15, 0.2) is 94.8 Å². The van der Waals surface area contributed by atoms with Gasteiger partial charge in [-0.05, 0) is 35.7 Å². The van der Waals surface area contributed by atoms with E-state index in [2.05, 4.69) is 4.98 Å². The highest BCUT2D eigenvalue weighted by atomic mass is 35.5. The first-order chi connectivity index (χ1) is 16.0. The standard InChI is InChI=1S/C26H21ClN4O2/c1-18-9-5-8-14-22(18)31-24-23(29(17-28-24)16-20-12-6-7-13-21(20)27)25(32)30(26(31)33)15-19-10-3-2-4-11-19/h2-14,17H,15-16H2,1H3. The van der Waals surface area contributed by atoms with Gasteiger partial charge in [0.05, 0.1) is 25.1 Å². The Labute approximate surface area is 195 Å². The number of imidazole rings is 1. The van der Waals surface area contributed by atoms with Gasteiger partial charge in [-0.25, -0.2) is 14.3 Å². The van der Waals surface area contributed by atoms with Crippen LogP contribution in [0.2, 0.25) is 5.02 Å². The fourth-order valence-electron chi connectivity index (χ4n) is 4.05. The van der Waals surface area contributed by atoms with Gasteiger partial charge in [-0.15, -0.1) is 0 Å². The van der Waals surface area contributed by atoms with Crippen LogP contribution in [-0.2, 0) is 13.1 Å². The maximum Gasteiger partial charge on any atom is 0.337 e. The Balaban J connectivity index is 1.79. The van der Waals surface area contributed by atoms with Gasteiger partial charge >= 0.3 is 5.69 Å². The Morgan fingerprint density at radius 2 is 1.55 bits per heavy atom. The molecule has 33 heavy (non-hydrogen) atoms. The number of fused-ring (bicyclic) bond motifs is 1. The quantitative estimate of drug-likeness (QED) is 0.393. The second kappa shape index (κ2) is 8.56. The third-order valence-corrected chi connectivity index (χ3v) is 6.11. The average molecular weight is 457 g/mol. The van der Waals surface area contributed by atoms with Gasteiger partial charge in [0.1, 0.15) is 0 Å². The van der Waals surface area contributed by atoms with Gasteiger partial charge in [0.2, 0.25) is 0 Å². The minimum absolute atomic E-state index is 0.164. The molecule has 6 nitrogen and oxygen atoms in total. The topological polar surface area (TPSA) is 61.8 Å². The van der Waals surface area contributed by atoms with Crippen molar-refractivity contribution in [3.63, 3.8) is 0 Å². The predicted octanol–water partition coefficient (Wildman–Crippen LogP) is 4.41. The van der Waals surface area contributed by atoms with Crippen LogP contribution in [-0.4, -0.2) is 18.7 Å². The van der Waals surface area contributed by atoms with E-state index in [0.29, 0.717) is 28.4 Å². The van der Waals surface area contributed by atoms with Crippen LogP contribution < -0.4 is 11.2 Å². The van der Waals surface area contributed by atoms with Crippen LogP contribution in [0.1, 0.15) is 16.7 Å². The van der Waals surface area contributed by atoms with E-state index in [0.717, 1.165) is 16.7 Å². The highest BCUT2D eigenvalue weighted by Gasteiger charge is 2.20. The normalized spacial score (nSPS) is 11.2. The summed E-state index contributed by atoms with van der Waals surface area (Å²) >= 11 is 6.37. The minimum Gasteiger partial charge on any atom is -0.320 e. The summed E-state index contributed by atoms with van der Waals surface area (Å²) in [5.74, 6) is 0. The van der Waals surface area contributed by atoms with Crippen molar-refractivity contribution in [1.29, 1.82) is 0 Å². The number of aryl methyl sites for hydroxylation is 1. The number of aromatic nitrogens is 4. The Hall–Kier alpha value is -3.90. The summed E-state index contributed by atoms with van der Waals surface area (Å²) in [4.78, 5) is 31.8. The summed E-state index contributed by atoms with van der Waals surface area (Å²) in [7, 11) is 0. The monoisotopic (exact) mass is 456 g/mol. The molecule has 0 aliphatic rings. The highest BCUT2D eigenvalue weighted by molar-refractivity contribution is 6.31. The van der Waals surface area contributed by atoms with E-state index in [9.17, 15) is 9.59 Å². The van der Waals surface area contributed by atoms with E-state index in [1.54, 1.807) is 10.9 Å². The van der Waals surface area contributed by atoms with Crippen molar-refractivity contribution < 1.29 is 0 Å². The van der Waals surface area contributed by atoms with E-state index >= 15 is 0 Å². The number of para-hydroxylation sites is 1. The van der Waals surface area contributed by atoms with Crippen molar-refractivity contribution in [2.75, 3.05) is 0 Å². The number of nitrogens with zero attached hydrogens (tertiary/aromatic N) is 4. The first-order valence-electron chi connectivity index (χ1n) is 10.6. The Kier molecular flexibility index (Phi) is 5.44. The molecule has 5 aromatic rings. The first-order valence-corrected chi connectivity index (χ1v) is 11.0. The van der Waals surface area contributed by atoms with Gasteiger partial charge in [-0.2, -0.15) is 0 Å². The summed E-state index contributed by atoms with van der Waals surface area (Å²) in [5, 5.41) is 0.608. The number of halogens is 1. The molecule has 0 amide bonds. The molecule has 0 radical (unpaired) electrons. The second-order valence-corrected chi connectivity index (χ2v) is 8.32. The Morgan fingerprint density at radius 1 is 0.848 bits per heavy atom. The molecular formula is C26H21ClN4O2. The van der Waals surface area contributed by atoms with Gasteiger partial charge in [-0.3, -0.25) is 9.36 Å². The summed E-state index contributed by atoms with van der Waals surface area (Å²) in [6.07, 6.45) is 1.59. The summed E-state index contributed by atoms with van der Waals surface area (Å²) in [5.41, 5.74) is 3.21. The molecule has 2 aromatic heterocycles. The molecule has 0 atom stereocenters. The highest BCUT2D eigenvalue weighted by Crippen LogP contribution is 2.20. The van der Waals surface area contributed by atoms with E-state index in [1.807, 2.05) is 85.8 Å². The van der Waals surface area contributed by atoms with Crippen LogP contribution >= 0.6 is 11.6 Å². The molecule has 0 saturated carbocycles. The van der Waals surface area contributed by atoms with Crippen LogP contribution in [0.5, 0.6) is 0 Å². The van der Waals surface area contributed by atoms with E-state index in [1.165, 1.54) is 9.13 Å². The third-order valence-electron chi connectivity index (χ3n) is 5.74. The molecule has 7 heteroatoms. The van der Waals surface area contributed by atoms with Gasteiger partial charge < -0.3 is 4.57 Å². The fourth-order valence-corrected chi connectivity index (χ4v) is 4.24. The van der Waals surface area contributed by atoms with Crippen LogP contribution in [0.4, 0.5) is 0 Å². The fraction of sp³-hybridized carbons (Fsp3) is 0.115. The molecule has 164 valence electrons. The molecule has 3 aromatic carbocycles. The molecular weight excluding hydrogens is 436 g/mol. The van der Waals surface area contributed by atoms with Crippen LogP contribution in [0.25, 0.3) is 16.9 Å². The molecule has 5 rings (SSSR count). The number of hydrogen-bond acceptors (Lipinski definition) is 3. The van der Waals surface area contributed by atoms with Crippen molar-refractivity contribution in [3.8, 4) is 5.69 Å². The lowest BCUT2D eigenvalue weighted by Crippen LogP contribution is -2.40. The first kappa shape index (κ1) is 21.0. The number of hydrogen-bond donors (Lipinski definition) is 0. The van der Waals surface area contributed by atoms with E-state index in [-0.39, 0.29) is 12.1 Å². The molecule has 0 aliphatic carbocycles. The van der Waals surface area contributed by atoms with Crippen LogP contribution in [0.3, 0.4) is 0 Å². The Morgan fingerprint density at radius 3 is 2.30 bits per heavy atom. The zero-order valence-electron chi connectivity index (χ0n) is 18.0. The SMILES string of the molecule is Cc1ccccc1-n1c(=O)n(Cc2ccccc2)c(=O)c2c1ncn2Cc1ccccc1Cl. The van der Waals surface area contributed by atoms with Crippen molar-refractivity contribution in [2.24, 2.45) is 0 Å². The molecule has 0 fully saturated rings. The molecule has 0 N–H and O–H groups in total. The van der Waals surface area contributed by atoms with Gasteiger partial charge in [0, 0.05) is 5.02 Å². The molecule has 0 aliphatic heterocycles. The van der Waals surface area contributed by atoms with Crippen LogP contribution in [0, 0.1) is 6.92 Å². The minimum atomic E-state index is -0.423. The van der Waals surface area contributed by atoms with Gasteiger partial charge in [0.15, 0.2) is 11.2 Å². The lowest BCUT2D eigenvalue weighted by atomic mass is 10.2. The maximum atomic E-state index is 13.6. The molecule has 0 unspecified atom stereocenters. The molecule has 0 spiro atoms. The Bertz CT molecular complexity index is 1580. The van der Waals surface area contributed by atoms with Crippen molar-refractivity contribution >= 4 is 22.8 Å². The summed E-state index contributed by atoms with van der Waals surface area (Å²) in [6, 6.07) is 24.5.